The van der Waals surface area contributed by atoms with E-state index in [0.29, 0.717) is 10.9 Å². The van der Waals surface area contributed by atoms with Crippen molar-refractivity contribution in [2.75, 3.05) is 18.0 Å². The van der Waals surface area contributed by atoms with Crippen molar-refractivity contribution < 1.29 is 8.42 Å². The van der Waals surface area contributed by atoms with Gasteiger partial charge in [-0.3, -0.25) is 0 Å². The van der Waals surface area contributed by atoms with Crippen LogP contribution in [0.3, 0.4) is 0 Å². The molecule has 1 aliphatic heterocycles. The summed E-state index contributed by atoms with van der Waals surface area (Å²) >= 11 is 7.06. The van der Waals surface area contributed by atoms with Crippen LogP contribution in [0.25, 0.3) is 0 Å². The Bertz CT molecular complexity index is 742. The fraction of sp³-hybridized carbons (Fsp3) is 0.357. The van der Waals surface area contributed by atoms with E-state index in [1.807, 2.05) is 18.2 Å². The molecule has 2 aromatic heterocycles. The lowest BCUT2D eigenvalue weighted by atomic mass is 10.3. The first-order valence-corrected chi connectivity index (χ1v) is 9.58. The average Bonchev–Trinajstić information content (AvgIpc) is 3.08. The summed E-state index contributed by atoms with van der Waals surface area (Å²) in [5.74, 6) is 0.874. The summed E-state index contributed by atoms with van der Waals surface area (Å²) in [7, 11) is -3.51. The number of sulfonamides is 1. The molecule has 0 bridgehead atoms. The molecular weight excluding hydrogens is 342 g/mol. The number of hydrogen-bond donors (Lipinski definition) is 1. The SMILES string of the molecule is Cc1cc(S(=O)(=O)NC2CCN(c3ccccn3)C2)sc1Cl. The van der Waals surface area contributed by atoms with Crippen molar-refractivity contribution in [3.63, 3.8) is 0 Å². The van der Waals surface area contributed by atoms with E-state index in [-0.39, 0.29) is 10.3 Å². The highest BCUT2D eigenvalue weighted by atomic mass is 35.5. The average molecular weight is 358 g/mol. The first-order valence-electron chi connectivity index (χ1n) is 6.90. The van der Waals surface area contributed by atoms with E-state index in [2.05, 4.69) is 14.6 Å². The Hall–Kier alpha value is -1.15. The summed E-state index contributed by atoms with van der Waals surface area (Å²) in [6.07, 6.45) is 2.50. The molecule has 8 heteroatoms. The van der Waals surface area contributed by atoms with Crippen molar-refractivity contribution in [1.82, 2.24) is 9.71 Å². The number of anilines is 1. The number of thiophene rings is 1. The van der Waals surface area contributed by atoms with E-state index < -0.39 is 10.0 Å². The highest BCUT2D eigenvalue weighted by Gasteiger charge is 2.29. The van der Waals surface area contributed by atoms with Gasteiger partial charge in [0.05, 0.1) is 4.34 Å². The first kappa shape index (κ1) is 15.7. The van der Waals surface area contributed by atoms with Crippen molar-refractivity contribution in [3.8, 4) is 0 Å². The van der Waals surface area contributed by atoms with Gasteiger partial charge in [0.2, 0.25) is 10.0 Å². The lowest BCUT2D eigenvalue weighted by molar-refractivity contribution is 0.563. The standard InChI is InChI=1S/C14H16ClN3O2S2/c1-10-8-13(21-14(10)15)22(19,20)17-11-5-7-18(9-11)12-4-2-3-6-16-12/h2-4,6,8,11,17H,5,7,9H2,1H3. The van der Waals surface area contributed by atoms with Gasteiger partial charge < -0.3 is 4.90 Å². The number of pyridine rings is 1. The molecule has 0 saturated carbocycles. The molecule has 118 valence electrons. The molecule has 1 N–H and O–H groups in total. The van der Waals surface area contributed by atoms with E-state index in [4.69, 9.17) is 11.6 Å². The van der Waals surface area contributed by atoms with Crippen LogP contribution < -0.4 is 9.62 Å². The molecule has 3 rings (SSSR count). The van der Waals surface area contributed by atoms with Crippen LogP contribution in [0.2, 0.25) is 4.34 Å². The van der Waals surface area contributed by atoms with Crippen molar-refractivity contribution in [3.05, 3.63) is 40.4 Å². The quantitative estimate of drug-likeness (QED) is 0.913. The largest absolute Gasteiger partial charge is 0.355 e. The van der Waals surface area contributed by atoms with Gasteiger partial charge in [0.15, 0.2) is 0 Å². The molecule has 1 fully saturated rings. The fourth-order valence-electron chi connectivity index (χ4n) is 2.45. The monoisotopic (exact) mass is 357 g/mol. The first-order chi connectivity index (χ1) is 10.5. The van der Waals surface area contributed by atoms with Crippen molar-refractivity contribution in [2.45, 2.75) is 23.6 Å². The van der Waals surface area contributed by atoms with E-state index in [1.54, 1.807) is 19.2 Å². The Morgan fingerprint density at radius 2 is 2.27 bits per heavy atom. The van der Waals surface area contributed by atoms with Gasteiger partial charge in [-0.1, -0.05) is 17.7 Å². The van der Waals surface area contributed by atoms with E-state index in [9.17, 15) is 8.42 Å². The summed E-state index contributed by atoms with van der Waals surface area (Å²) in [5.41, 5.74) is 0.786. The van der Waals surface area contributed by atoms with Gasteiger partial charge in [0.25, 0.3) is 0 Å². The lowest BCUT2D eigenvalue weighted by Gasteiger charge is -2.17. The number of rotatable bonds is 4. The second-order valence-corrected chi connectivity index (χ2v) is 8.86. The third-order valence-corrected chi connectivity index (χ3v) is 7.13. The minimum Gasteiger partial charge on any atom is -0.355 e. The molecule has 0 aromatic carbocycles. The number of aromatic nitrogens is 1. The number of halogens is 1. The van der Waals surface area contributed by atoms with Crippen LogP contribution in [-0.2, 0) is 10.0 Å². The molecule has 2 aromatic rings. The zero-order valence-electron chi connectivity index (χ0n) is 12.0. The van der Waals surface area contributed by atoms with Crippen LogP contribution in [0.15, 0.2) is 34.7 Å². The summed E-state index contributed by atoms with van der Waals surface area (Å²) < 4.78 is 28.4. The highest BCUT2D eigenvalue weighted by molar-refractivity contribution is 7.91. The number of aryl methyl sites for hydroxylation is 1. The van der Waals surface area contributed by atoms with Crippen LogP contribution in [-0.4, -0.2) is 32.5 Å². The predicted molar refractivity (Wildman–Crippen MR) is 89.2 cm³/mol. The van der Waals surface area contributed by atoms with Crippen LogP contribution >= 0.6 is 22.9 Å². The predicted octanol–water partition coefficient (Wildman–Crippen LogP) is 2.66. The molecule has 3 heterocycles. The fourth-order valence-corrected chi connectivity index (χ4v) is 5.43. The van der Waals surface area contributed by atoms with Crippen LogP contribution in [0, 0.1) is 6.92 Å². The second kappa shape index (κ2) is 6.16. The smallest absolute Gasteiger partial charge is 0.250 e. The third-order valence-electron chi connectivity index (χ3n) is 3.58. The van der Waals surface area contributed by atoms with E-state index >= 15 is 0 Å². The number of hydrogen-bond acceptors (Lipinski definition) is 5. The summed E-state index contributed by atoms with van der Waals surface area (Å²) in [5, 5.41) is 0. The second-order valence-electron chi connectivity index (χ2n) is 5.26. The van der Waals surface area contributed by atoms with Gasteiger partial charge in [-0.2, -0.15) is 0 Å². The van der Waals surface area contributed by atoms with Crippen LogP contribution in [0.4, 0.5) is 5.82 Å². The molecule has 0 radical (unpaired) electrons. The molecule has 0 amide bonds. The third kappa shape index (κ3) is 3.27. The maximum absolute atomic E-state index is 12.4. The van der Waals surface area contributed by atoms with Gasteiger partial charge in [-0.15, -0.1) is 11.3 Å². The highest BCUT2D eigenvalue weighted by Crippen LogP contribution is 2.30. The van der Waals surface area contributed by atoms with Gasteiger partial charge in [0.1, 0.15) is 10.0 Å². The van der Waals surface area contributed by atoms with E-state index in [1.165, 1.54) is 0 Å². The van der Waals surface area contributed by atoms with Gasteiger partial charge in [-0.25, -0.2) is 18.1 Å². The number of nitrogens with zero attached hydrogens (tertiary/aromatic N) is 2. The molecule has 1 atom stereocenters. The molecule has 0 aliphatic carbocycles. The zero-order valence-corrected chi connectivity index (χ0v) is 14.4. The maximum Gasteiger partial charge on any atom is 0.250 e. The summed E-state index contributed by atoms with van der Waals surface area (Å²) in [6, 6.07) is 7.21. The molecule has 1 saturated heterocycles. The lowest BCUT2D eigenvalue weighted by Crippen LogP contribution is -2.36. The van der Waals surface area contributed by atoms with Crippen molar-refractivity contribution >= 4 is 38.8 Å². The Labute approximate surface area is 139 Å². The molecule has 1 aliphatic rings. The molecule has 0 spiro atoms. The van der Waals surface area contributed by atoms with Crippen molar-refractivity contribution in [1.29, 1.82) is 0 Å². The van der Waals surface area contributed by atoms with Crippen molar-refractivity contribution in [2.24, 2.45) is 0 Å². The van der Waals surface area contributed by atoms with Gasteiger partial charge in [0, 0.05) is 25.3 Å². The van der Waals surface area contributed by atoms with Gasteiger partial charge >= 0.3 is 0 Å². The molecule has 1 unspecified atom stereocenters. The van der Waals surface area contributed by atoms with Crippen LogP contribution in [0.5, 0.6) is 0 Å². The Morgan fingerprint density at radius 1 is 1.45 bits per heavy atom. The summed E-state index contributed by atoms with van der Waals surface area (Å²) in [6.45, 7) is 3.21. The van der Waals surface area contributed by atoms with Crippen LogP contribution in [0.1, 0.15) is 12.0 Å². The molecule has 5 nitrogen and oxygen atoms in total. The van der Waals surface area contributed by atoms with Gasteiger partial charge in [-0.05, 0) is 37.1 Å². The Balaban J connectivity index is 1.69. The molecule has 22 heavy (non-hydrogen) atoms. The maximum atomic E-state index is 12.4. The van der Waals surface area contributed by atoms with E-state index in [0.717, 1.165) is 35.7 Å². The number of nitrogens with one attached hydrogen (secondary N) is 1. The minimum absolute atomic E-state index is 0.117. The Kier molecular flexibility index (Phi) is 4.40. The minimum atomic E-state index is -3.51. The summed E-state index contributed by atoms with van der Waals surface area (Å²) in [4.78, 5) is 6.38. The Morgan fingerprint density at radius 3 is 2.91 bits per heavy atom. The zero-order chi connectivity index (χ0) is 15.7. The molecular formula is C14H16ClN3O2S2. The normalized spacial score (nSPS) is 18.8. The topological polar surface area (TPSA) is 62.3 Å².